The Morgan fingerprint density at radius 3 is 2.87 bits per heavy atom. The van der Waals surface area contributed by atoms with Crippen LogP contribution in [0.25, 0.3) is 10.9 Å². The first kappa shape index (κ1) is 20.5. The van der Waals surface area contributed by atoms with E-state index in [-0.39, 0.29) is 18.5 Å². The highest BCUT2D eigenvalue weighted by Crippen LogP contribution is 2.37. The molecule has 0 aliphatic carbocycles. The van der Waals surface area contributed by atoms with Crippen LogP contribution >= 0.6 is 11.8 Å². The van der Waals surface area contributed by atoms with Gasteiger partial charge in [0.25, 0.3) is 5.91 Å². The van der Waals surface area contributed by atoms with Crippen molar-refractivity contribution in [1.29, 1.82) is 0 Å². The van der Waals surface area contributed by atoms with Crippen LogP contribution in [0.2, 0.25) is 0 Å². The number of nitrogens with zero attached hydrogens (tertiary/aromatic N) is 1. The lowest BCUT2D eigenvalue weighted by atomic mass is 10.1. The Kier molecular flexibility index (Phi) is 6.43. The standard InChI is InChI=1S/C24H26N2O3S/c1-17-13-14-26(21-10-4-5-11-22(21)30-17)23(27)16-29-24(28)12-6-7-18-15-25-20-9-3-2-8-19(18)20/h2-5,8-11,15,17,25H,6-7,12-14,16H2,1H3. The van der Waals surface area contributed by atoms with Crippen LogP contribution in [0.5, 0.6) is 0 Å². The molecule has 1 aliphatic heterocycles. The Morgan fingerprint density at radius 2 is 1.97 bits per heavy atom. The van der Waals surface area contributed by atoms with E-state index in [0.717, 1.165) is 28.9 Å². The van der Waals surface area contributed by atoms with Gasteiger partial charge in [-0.25, -0.2) is 0 Å². The van der Waals surface area contributed by atoms with Gasteiger partial charge in [0.2, 0.25) is 0 Å². The Morgan fingerprint density at radius 1 is 1.17 bits per heavy atom. The van der Waals surface area contributed by atoms with Crippen LogP contribution in [0.15, 0.2) is 59.6 Å². The van der Waals surface area contributed by atoms with E-state index >= 15 is 0 Å². The monoisotopic (exact) mass is 422 g/mol. The lowest BCUT2D eigenvalue weighted by Crippen LogP contribution is -2.35. The molecule has 1 amide bonds. The van der Waals surface area contributed by atoms with Crippen molar-refractivity contribution in [2.24, 2.45) is 0 Å². The van der Waals surface area contributed by atoms with Gasteiger partial charge in [0, 0.05) is 40.2 Å². The number of benzene rings is 2. The summed E-state index contributed by atoms with van der Waals surface area (Å²) in [5.41, 5.74) is 3.21. The molecular weight excluding hydrogens is 396 g/mol. The lowest BCUT2D eigenvalue weighted by Gasteiger charge is -2.22. The van der Waals surface area contributed by atoms with Crippen molar-refractivity contribution in [3.63, 3.8) is 0 Å². The number of ether oxygens (including phenoxy) is 1. The van der Waals surface area contributed by atoms with E-state index in [1.165, 1.54) is 10.9 Å². The van der Waals surface area contributed by atoms with Gasteiger partial charge in [0.05, 0.1) is 5.69 Å². The van der Waals surface area contributed by atoms with Crippen molar-refractivity contribution in [2.75, 3.05) is 18.1 Å². The summed E-state index contributed by atoms with van der Waals surface area (Å²) in [7, 11) is 0. The topological polar surface area (TPSA) is 62.4 Å². The first-order chi connectivity index (χ1) is 14.6. The molecule has 0 fully saturated rings. The zero-order valence-electron chi connectivity index (χ0n) is 17.1. The molecule has 6 heteroatoms. The fourth-order valence-electron chi connectivity index (χ4n) is 3.80. The smallest absolute Gasteiger partial charge is 0.306 e. The minimum absolute atomic E-state index is 0.165. The number of hydrogen-bond donors (Lipinski definition) is 1. The molecule has 0 spiro atoms. The van der Waals surface area contributed by atoms with E-state index in [0.29, 0.717) is 24.6 Å². The van der Waals surface area contributed by atoms with E-state index in [1.54, 1.807) is 16.7 Å². The Labute approximate surface area is 180 Å². The molecule has 1 aliphatic rings. The SMILES string of the molecule is CC1CCN(C(=O)COC(=O)CCCc2c[nH]c3ccccc23)c2ccccc2S1. The normalized spacial score (nSPS) is 16.2. The molecule has 2 aromatic carbocycles. The number of H-pyrrole nitrogens is 1. The highest BCUT2D eigenvalue weighted by atomic mass is 32.2. The second-order valence-corrected chi connectivity index (χ2v) is 9.08. The number of amides is 1. The van der Waals surface area contributed by atoms with Crippen molar-refractivity contribution >= 4 is 40.2 Å². The van der Waals surface area contributed by atoms with Crippen molar-refractivity contribution < 1.29 is 14.3 Å². The number of aromatic nitrogens is 1. The van der Waals surface area contributed by atoms with Gasteiger partial charge in [0.1, 0.15) is 0 Å². The summed E-state index contributed by atoms with van der Waals surface area (Å²) in [5, 5.41) is 1.63. The van der Waals surface area contributed by atoms with Gasteiger partial charge in [-0.15, -0.1) is 11.8 Å². The van der Waals surface area contributed by atoms with Crippen LogP contribution in [0, 0.1) is 0 Å². The summed E-state index contributed by atoms with van der Waals surface area (Å²) >= 11 is 1.78. The molecule has 3 aromatic rings. The summed E-state index contributed by atoms with van der Waals surface area (Å²) in [6, 6.07) is 16.1. The molecule has 156 valence electrons. The third-order valence-electron chi connectivity index (χ3n) is 5.40. The number of carbonyl (C=O) groups is 2. The van der Waals surface area contributed by atoms with E-state index < -0.39 is 0 Å². The van der Waals surface area contributed by atoms with E-state index in [9.17, 15) is 9.59 Å². The molecule has 0 saturated heterocycles. The summed E-state index contributed by atoms with van der Waals surface area (Å²) in [5.74, 6) is -0.490. The van der Waals surface area contributed by atoms with Crippen LogP contribution in [-0.2, 0) is 20.7 Å². The van der Waals surface area contributed by atoms with Gasteiger partial charge in [-0.05, 0) is 43.0 Å². The highest BCUT2D eigenvalue weighted by Gasteiger charge is 2.24. The number of thioether (sulfide) groups is 1. The van der Waals surface area contributed by atoms with Crippen molar-refractivity contribution in [1.82, 2.24) is 4.98 Å². The maximum Gasteiger partial charge on any atom is 0.306 e. The number of aromatic amines is 1. The molecule has 4 rings (SSSR count). The molecule has 1 N–H and O–H groups in total. The second-order valence-electron chi connectivity index (χ2n) is 7.60. The number of carbonyl (C=O) groups excluding carboxylic acids is 2. The van der Waals surface area contributed by atoms with Gasteiger partial charge in [-0.2, -0.15) is 0 Å². The number of esters is 1. The summed E-state index contributed by atoms with van der Waals surface area (Å²) < 4.78 is 5.30. The molecule has 0 radical (unpaired) electrons. The van der Waals surface area contributed by atoms with Crippen LogP contribution in [-0.4, -0.2) is 35.3 Å². The van der Waals surface area contributed by atoms with Crippen LogP contribution in [0.1, 0.15) is 31.7 Å². The molecular formula is C24H26N2O3S. The fraction of sp³-hybridized carbons (Fsp3) is 0.333. The van der Waals surface area contributed by atoms with Gasteiger partial charge in [-0.3, -0.25) is 9.59 Å². The Balaban J connectivity index is 1.28. The van der Waals surface area contributed by atoms with Gasteiger partial charge >= 0.3 is 5.97 Å². The van der Waals surface area contributed by atoms with E-state index in [4.69, 9.17) is 4.74 Å². The molecule has 1 aromatic heterocycles. The molecule has 2 heterocycles. The number of nitrogens with one attached hydrogen (secondary N) is 1. The largest absolute Gasteiger partial charge is 0.456 e. The predicted octanol–water partition coefficient (Wildman–Crippen LogP) is 4.95. The summed E-state index contributed by atoms with van der Waals surface area (Å²) in [6.45, 7) is 2.60. The average molecular weight is 423 g/mol. The number of aryl methyl sites for hydroxylation is 1. The lowest BCUT2D eigenvalue weighted by molar-refractivity contribution is -0.147. The zero-order chi connectivity index (χ0) is 20.9. The molecule has 30 heavy (non-hydrogen) atoms. The number of rotatable bonds is 6. The van der Waals surface area contributed by atoms with Crippen molar-refractivity contribution in [2.45, 2.75) is 42.8 Å². The van der Waals surface area contributed by atoms with Gasteiger partial charge < -0.3 is 14.6 Å². The maximum atomic E-state index is 12.8. The van der Waals surface area contributed by atoms with Gasteiger partial charge in [-0.1, -0.05) is 37.3 Å². The molecule has 1 unspecified atom stereocenters. The number of hydrogen-bond acceptors (Lipinski definition) is 4. The molecule has 5 nitrogen and oxygen atoms in total. The molecule has 1 atom stereocenters. The molecule has 0 saturated carbocycles. The van der Waals surface area contributed by atoms with Crippen LogP contribution < -0.4 is 4.90 Å². The number of para-hydroxylation sites is 2. The van der Waals surface area contributed by atoms with Crippen LogP contribution in [0.4, 0.5) is 5.69 Å². The third kappa shape index (κ3) is 4.70. The highest BCUT2D eigenvalue weighted by molar-refractivity contribution is 8.00. The quantitative estimate of drug-likeness (QED) is 0.571. The first-order valence-electron chi connectivity index (χ1n) is 10.4. The fourth-order valence-corrected chi connectivity index (χ4v) is 4.91. The summed E-state index contributed by atoms with van der Waals surface area (Å²) in [6.07, 6.45) is 4.69. The predicted molar refractivity (Wildman–Crippen MR) is 121 cm³/mol. The minimum Gasteiger partial charge on any atom is -0.456 e. The number of anilines is 1. The van der Waals surface area contributed by atoms with Crippen molar-refractivity contribution in [3.05, 3.63) is 60.3 Å². The molecule has 0 bridgehead atoms. The average Bonchev–Trinajstić information content (AvgIpc) is 3.08. The van der Waals surface area contributed by atoms with Crippen LogP contribution in [0.3, 0.4) is 0 Å². The Bertz CT molecular complexity index is 1050. The summed E-state index contributed by atoms with van der Waals surface area (Å²) in [4.78, 5) is 31.1. The zero-order valence-corrected chi connectivity index (χ0v) is 17.9. The van der Waals surface area contributed by atoms with E-state index in [1.807, 2.05) is 48.7 Å². The Hall–Kier alpha value is -2.73. The van der Waals surface area contributed by atoms with E-state index in [2.05, 4.69) is 18.0 Å². The third-order valence-corrected chi connectivity index (χ3v) is 6.64. The maximum absolute atomic E-state index is 12.8. The second kappa shape index (κ2) is 9.39. The number of fused-ring (bicyclic) bond motifs is 2. The minimum atomic E-state index is -0.325. The van der Waals surface area contributed by atoms with Crippen molar-refractivity contribution in [3.8, 4) is 0 Å². The van der Waals surface area contributed by atoms with Gasteiger partial charge in [0.15, 0.2) is 6.61 Å². The first-order valence-corrected chi connectivity index (χ1v) is 11.3.